The Hall–Kier alpha value is -2.92. The molecule has 3 rings (SSSR count). The van der Waals surface area contributed by atoms with Crippen LogP contribution in [0.25, 0.3) is 0 Å². The third-order valence-corrected chi connectivity index (χ3v) is 5.02. The smallest absolute Gasteiger partial charge is 0.251 e. The third-order valence-electron chi connectivity index (χ3n) is 5.02. The predicted octanol–water partition coefficient (Wildman–Crippen LogP) is 4.04. The van der Waals surface area contributed by atoms with Crippen molar-refractivity contribution in [2.45, 2.75) is 38.6 Å². The Balaban J connectivity index is 1.37. The Kier molecular flexibility index (Phi) is 8.01. The van der Waals surface area contributed by atoms with Crippen LogP contribution >= 0.6 is 0 Å². The zero-order valence-corrected chi connectivity index (χ0v) is 16.7. The first-order valence-electron chi connectivity index (χ1n) is 10.3. The first kappa shape index (κ1) is 20.8. The second kappa shape index (κ2) is 11.2. The summed E-state index contributed by atoms with van der Waals surface area (Å²) in [7, 11) is 0. The summed E-state index contributed by atoms with van der Waals surface area (Å²) in [5, 5.41) is 8.95. The van der Waals surface area contributed by atoms with Gasteiger partial charge in [0.05, 0.1) is 6.54 Å². The van der Waals surface area contributed by atoms with Gasteiger partial charge in [0.25, 0.3) is 5.91 Å². The standard InChI is InChI=1S/C24H29N3O2/c28-23(18-25-16-15-19-7-3-1-4-8-19)27-22-13-11-21(12-14-22)24(29)26-17-20-9-5-2-6-10-20/h2,5-7,9-14,25H,1,3-4,8,15-18H2,(H,26,29)(H,27,28). The lowest BCUT2D eigenvalue weighted by Gasteiger charge is -2.13. The van der Waals surface area contributed by atoms with Gasteiger partial charge >= 0.3 is 0 Å². The van der Waals surface area contributed by atoms with Crippen LogP contribution in [0.15, 0.2) is 66.2 Å². The Morgan fingerprint density at radius 2 is 1.72 bits per heavy atom. The molecule has 0 heterocycles. The van der Waals surface area contributed by atoms with Crippen molar-refractivity contribution in [1.82, 2.24) is 10.6 Å². The summed E-state index contributed by atoms with van der Waals surface area (Å²) < 4.78 is 0. The number of hydrogen-bond donors (Lipinski definition) is 3. The number of rotatable bonds is 9. The van der Waals surface area contributed by atoms with E-state index in [4.69, 9.17) is 0 Å². The molecule has 0 radical (unpaired) electrons. The molecule has 5 nitrogen and oxygen atoms in total. The van der Waals surface area contributed by atoms with Gasteiger partial charge in [-0.2, -0.15) is 0 Å². The maximum Gasteiger partial charge on any atom is 0.251 e. The van der Waals surface area contributed by atoms with Crippen LogP contribution in [0.2, 0.25) is 0 Å². The molecular weight excluding hydrogens is 362 g/mol. The predicted molar refractivity (Wildman–Crippen MR) is 117 cm³/mol. The van der Waals surface area contributed by atoms with Crippen molar-refractivity contribution < 1.29 is 9.59 Å². The number of benzene rings is 2. The van der Waals surface area contributed by atoms with Crippen LogP contribution in [0, 0.1) is 0 Å². The molecule has 0 unspecified atom stereocenters. The minimum absolute atomic E-state index is 0.0797. The van der Waals surface area contributed by atoms with Crippen LogP contribution in [0.4, 0.5) is 5.69 Å². The summed E-state index contributed by atoms with van der Waals surface area (Å²) in [6, 6.07) is 16.7. The molecule has 29 heavy (non-hydrogen) atoms. The van der Waals surface area contributed by atoms with E-state index < -0.39 is 0 Å². The highest BCUT2D eigenvalue weighted by Crippen LogP contribution is 2.19. The Bertz CT molecular complexity index is 829. The van der Waals surface area contributed by atoms with Crippen molar-refractivity contribution in [3.8, 4) is 0 Å². The number of carbonyl (C=O) groups excluding carboxylic acids is 2. The molecule has 0 saturated heterocycles. The molecule has 1 aliphatic rings. The van der Waals surface area contributed by atoms with E-state index in [1.165, 1.54) is 31.3 Å². The fraction of sp³-hybridized carbons (Fsp3) is 0.333. The van der Waals surface area contributed by atoms with Gasteiger partial charge in [-0.25, -0.2) is 0 Å². The van der Waals surface area contributed by atoms with Crippen molar-refractivity contribution >= 4 is 17.5 Å². The molecule has 0 aromatic heterocycles. The van der Waals surface area contributed by atoms with E-state index in [1.54, 1.807) is 24.3 Å². The molecule has 0 atom stereocenters. The minimum Gasteiger partial charge on any atom is -0.348 e. The van der Waals surface area contributed by atoms with Crippen LogP contribution < -0.4 is 16.0 Å². The van der Waals surface area contributed by atoms with Crippen LogP contribution in [0.1, 0.15) is 48.0 Å². The SMILES string of the molecule is O=C(CNCCC1=CCCCC1)Nc1ccc(C(=O)NCc2ccccc2)cc1. The van der Waals surface area contributed by atoms with E-state index in [1.807, 2.05) is 30.3 Å². The normalized spacial score (nSPS) is 13.4. The number of allylic oxidation sites excluding steroid dienone is 1. The highest BCUT2D eigenvalue weighted by molar-refractivity contribution is 5.96. The maximum atomic E-state index is 12.2. The first-order valence-corrected chi connectivity index (χ1v) is 10.3. The number of nitrogens with one attached hydrogen (secondary N) is 3. The fourth-order valence-electron chi connectivity index (χ4n) is 3.37. The Morgan fingerprint density at radius 3 is 2.45 bits per heavy atom. The van der Waals surface area contributed by atoms with Crippen LogP contribution in [0.3, 0.4) is 0 Å². The van der Waals surface area contributed by atoms with E-state index >= 15 is 0 Å². The second-order valence-corrected chi connectivity index (χ2v) is 7.33. The molecule has 3 N–H and O–H groups in total. The van der Waals surface area contributed by atoms with Gasteiger partial charge in [0.15, 0.2) is 0 Å². The molecule has 0 fully saturated rings. The lowest BCUT2D eigenvalue weighted by Crippen LogP contribution is -2.29. The highest BCUT2D eigenvalue weighted by atomic mass is 16.2. The van der Waals surface area contributed by atoms with Gasteiger partial charge < -0.3 is 16.0 Å². The second-order valence-electron chi connectivity index (χ2n) is 7.33. The molecule has 0 bridgehead atoms. The van der Waals surface area contributed by atoms with E-state index in [9.17, 15) is 9.59 Å². The van der Waals surface area contributed by atoms with Crippen molar-refractivity contribution in [1.29, 1.82) is 0 Å². The Morgan fingerprint density at radius 1 is 0.931 bits per heavy atom. The van der Waals surface area contributed by atoms with Gasteiger partial charge in [0, 0.05) is 17.8 Å². The molecule has 1 aliphatic carbocycles. The summed E-state index contributed by atoms with van der Waals surface area (Å²) in [5.74, 6) is -0.214. The molecule has 0 spiro atoms. The van der Waals surface area contributed by atoms with Gasteiger partial charge in [0.2, 0.25) is 5.91 Å². The zero-order chi connectivity index (χ0) is 20.3. The minimum atomic E-state index is -0.134. The number of hydrogen-bond acceptors (Lipinski definition) is 3. The van der Waals surface area contributed by atoms with Crippen LogP contribution in [-0.4, -0.2) is 24.9 Å². The summed E-state index contributed by atoms with van der Waals surface area (Å²) in [5.41, 5.74) is 3.81. The van der Waals surface area contributed by atoms with E-state index in [0.717, 1.165) is 18.5 Å². The maximum absolute atomic E-state index is 12.2. The number of anilines is 1. The van der Waals surface area contributed by atoms with Gasteiger partial charge in [-0.1, -0.05) is 42.0 Å². The average Bonchev–Trinajstić information content (AvgIpc) is 2.77. The largest absolute Gasteiger partial charge is 0.348 e. The van der Waals surface area contributed by atoms with Crippen molar-refractivity contribution in [2.75, 3.05) is 18.4 Å². The van der Waals surface area contributed by atoms with Gasteiger partial charge in [-0.15, -0.1) is 0 Å². The third kappa shape index (κ3) is 7.20. The van der Waals surface area contributed by atoms with E-state index in [-0.39, 0.29) is 18.4 Å². The van der Waals surface area contributed by atoms with Crippen molar-refractivity contribution in [3.63, 3.8) is 0 Å². The van der Waals surface area contributed by atoms with E-state index in [2.05, 4.69) is 22.0 Å². The average molecular weight is 392 g/mol. The molecule has 2 amide bonds. The fourth-order valence-corrected chi connectivity index (χ4v) is 3.37. The topological polar surface area (TPSA) is 70.2 Å². The van der Waals surface area contributed by atoms with Crippen molar-refractivity contribution in [3.05, 3.63) is 77.4 Å². The molecule has 2 aromatic rings. The van der Waals surface area contributed by atoms with Gasteiger partial charge in [-0.3, -0.25) is 9.59 Å². The molecule has 2 aromatic carbocycles. The summed E-state index contributed by atoms with van der Waals surface area (Å²) in [4.78, 5) is 24.3. The zero-order valence-electron chi connectivity index (χ0n) is 16.7. The number of carbonyl (C=O) groups is 2. The lowest BCUT2D eigenvalue weighted by molar-refractivity contribution is -0.115. The van der Waals surface area contributed by atoms with Gasteiger partial charge in [0.1, 0.15) is 0 Å². The highest BCUT2D eigenvalue weighted by Gasteiger charge is 2.07. The monoisotopic (exact) mass is 391 g/mol. The van der Waals surface area contributed by atoms with Crippen LogP contribution in [-0.2, 0) is 11.3 Å². The summed E-state index contributed by atoms with van der Waals surface area (Å²) in [6.07, 6.45) is 8.32. The first-order chi connectivity index (χ1) is 14.2. The van der Waals surface area contributed by atoms with Crippen LogP contribution in [0.5, 0.6) is 0 Å². The quantitative estimate of drug-likeness (QED) is 0.446. The summed E-state index contributed by atoms with van der Waals surface area (Å²) >= 11 is 0. The Labute approximate surface area is 172 Å². The molecule has 152 valence electrons. The van der Waals surface area contributed by atoms with Gasteiger partial charge in [-0.05, 0) is 68.5 Å². The molecule has 0 aliphatic heterocycles. The lowest BCUT2D eigenvalue weighted by atomic mass is 9.97. The number of amides is 2. The molecule has 5 heteroatoms. The van der Waals surface area contributed by atoms with Crippen molar-refractivity contribution in [2.24, 2.45) is 0 Å². The summed E-state index contributed by atoms with van der Waals surface area (Å²) in [6.45, 7) is 1.59. The molecule has 0 saturated carbocycles. The molecular formula is C24H29N3O2. The van der Waals surface area contributed by atoms with E-state index in [0.29, 0.717) is 17.8 Å².